The molecule has 2 amide bonds. The Labute approximate surface area is 127 Å². The van der Waals surface area contributed by atoms with Crippen molar-refractivity contribution in [3.63, 3.8) is 0 Å². The minimum atomic E-state index is -0.669. The van der Waals surface area contributed by atoms with E-state index in [1.165, 1.54) is 11.8 Å². The molecule has 0 aromatic heterocycles. The number of aliphatic imine (C=N–C) groups is 1. The first kappa shape index (κ1) is 15.4. The highest BCUT2D eigenvalue weighted by Crippen LogP contribution is 2.11. The smallest absolute Gasteiger partial charge is 0.315 e. The highest BCUT2D eigenvalue weighted by atomic mass is 32.2. The summed E-state index contributed by atoms with van der Waals surface area (Å²) in [5, 5.41) is 5.59. The Morgan fingerprint density at radius 2 is 2.05 bits per heavy atom. The second-order valence-electron chi connectivity index (χ2n) is 4.34. The predicted molar refractivity (Wildman–Crippen MR) is 82.6 cm³/mol. The molecule has 0 fully saturated rings. The molecule has 0 bridgehead atoms. The van der Waals surface area contributed by atoms with Crippen molar-refractivity contribution >= 4 is 28.7 Å². The number of rotatable bonds is 4. The normalized spacial score (nSPS) is 13.5. The van der Waals surface area contributed by atoms with Gasteiger partial charge >= 0.3 is 11.8 Å². The fourth-order valence-electron chi connectivity index (χ4n) is 1.76. The summed E-state index contributed by atoms with van der Waals surface area (Å²) in [4.78, 5) is 27.3. The lowest BCUT2D eigenvalue weighted by atomic mass is 10.1. The Hall–Kier alpha value is -2.02. The standard InChI is InChI=1S/C14H17N3O3S/c1-20-11-4-2-10(3-5-11)6-7-15-12(18)13(19)17-14-16-8-9-21-14/h2-5H,6-9H2,1H3,(H,15,18)(H,16,17,19). The third-order valence-corrected chi connectivity index (χ3v) is 3.76. The number of methoxy groups -OCH3 is 1. The number of hydrogen-bond donors (Lipinski definition) is 2. The summed E-state index contributed by atoms with van der Waals surface area (Å²) >= 11 is 1.44. The van der Waals surface area contributed by atoms with Crippen LogP contribution >= 0.6 is 11.8 Å². The molecule has 1 aliphatic rings. The number of amides is 2. The quantitative estimate of drug-likeness (QED) is 0.797. The van der Waals surface area contributed by atoms with Crippen LogP contribution in [-0.4, -0.2) is 42.9 Å². The van der Waals surface area contributed by atoms with Crippen LogP contribution < -0.4 is 15.4 Å². The van der Waals surface area contributed by atoms with Gasteiger partial charge in [-0.3, -0.25) is 19.9 Å². The number of amidine groups is 1. The van der Waals surface area contributed by atoms with Gasteiger partial charge in [-0.2, -0.15) is 0 Å². The predicted octanol–water partition coefficient (Wildman–Crippen LogP) is 0.573. The number of nitrogens with one attached hydrogen (secondary N) is 2. The van der Waals surface area contributed by atoms with Crippen LogP contribution in [0.25, 0.3) is 0 Å². The minimum absolute atomic E-state index is 0.401. The molecule has 0 saturated carbocycles. The van der Waals surface area contributed by atoms with Crippen molar-refractivity contribution in [2.45, 2.75) is 6.42 Å². The Bertz CT molecular complexity index is 543. The molecule has 6 nitrogen and oxygen atoms in total. The van der Waals surface area contributed by atoms with E-state index in [-0.39, 0.29) is 0 Å². The lowest BCUT2D eigenvalue weighted by Crippen LogP contribution is -2.42. The molecule has 1 aromatic rings. The molecule has 2 N–H and O–H groups in total. The molecule has 1 aliphatic heterocycles. The topological polar surface area (TPSA) is 79.8 Å². The van der Waals surface area contributed by atoms with Gasteiger partial charge in [0.2, 0.25) is 0 Å². The van der Waals surface area contributed by atoms with Gasteiger partial charge in [-0.05, 0) is 24.1 Å². The number of benzene rings is 1. The van der Waals surface area contributed by atoms with Gasteiger partial charge in [-0.25, -0.2) is 0 Å². The van der Waals surface area contributed by atoms with Gasteiger partial charge < -0.3 is 10.1 Å². The molecule has 0 spiro atoms. The zero-order chi connectivity index (χ0) is 15.1. The van der Waals surface area contributed by atoms with E-state index in [0.29, 0.717) is 24.7 Å². The van der Waals surface area contributed by atoms with E-state index in [1.54, 1.807) is 7.11 Å². The van der Waals surface area contributed by atoms with Crippen molar-refractivity contribution in [2.24, 2.45) is 4.99 Å². The number of thioether (sulfide) groups is 1. The lowest BCUT2D eigenvalue weighted by molar-refractivity contribution is -0.138. The van der Waals surface area contributed by atoms with E-state index in [1.807, 2.05) is 24.3 Å². The summed E-state index contributed by atoms with van der Waals surface area (Å²) in [6.45, 7) is 1.08. The highest BCUT2D eigenvalue weighted by Gasteiger charge is 2.17. The zero-order valence-electron chi connectivity index (χ0n) is 11.7. The Balaban J connectivity index is 1.71. The number of hydrogen-bond acceptors (Lipinski definition) is 5. The molecular weight excluding hydrogens is 290 g/mol. The molecule has 0 atom stereocenters. The van der Waals surface area contributed by atoms with Gasteiger partial charge in [0.1, 0.15) is 5.75 Å². The fourth-order valence-corrected chi connectivity index (χ4v) is 2.48. The van der Waals surface area contributed by atoms with Crippen molar-refractivity contribution in [1.82, 2.24) is 10.6 Å². The van der Waals surface area contributed by atoms with Crippen LogP contribution in [0.1, 0.15) is 5.56 Å². The summed E-state index contributed by atoms with van der Waals surface area (Å²) in [6.07, 6.45) is 0.651. The average molecular weight is 307 g/mol. The molecule has 1 heterocycles. The largest absolute Gasteiger partial charge is 0.497 e. The van der Waals surface area contributed by atoms with Gasteiger partial charge in [0.15, 0.2) is 5.17 Å². The van der Waals surface area contributed by atoms with Crippen molar-refractivity contribution in [3.05, 3.63) is 29.8 Å². The molecule has 0 radical (unpaired) electrons. The summed E-state index contributed by atoms with van der Waals surface area (Å²) in [5.41, 5.74) is 1.06. The third kappa shape index (κ3) is 4.78. The van der Waals surface area contributed by atoms with Gasteiger partial charge in [0.05, 0.1) is 13.7 Å². The highest BCUT2D eigenvalue weighted by molar-refractivity contribution is 8.14. The van der Waals surface area contributed by atoms with Gasteiger partial charge in [0.25, 0.3) is 0 Å². The van der Waals surface area contributed by atoms with Gasteiger partial charge in [0, 0.05) is 12.3 Å². The molecule has 112 valence electrons. The first-order chi connectivity index (χ1) is 10.2. The molecule has 0 unspecified atom stereocenters. The summed E-state index contributed by atoms with van der Waals surface area (Å²) in [7, 11) is 1.61. The van der Waals surface area contributed by atoms with Crippen molar-refractivity contribution < 1.29 is 14.3 Å². The van der Waals surface area contributed by atoms with Crippen LogP contribution in [-0.2, 0) is 16.0 Å². The number of ether oxygens (including phenoxy) is 1. The van der Waals surface area contributed by atoms with E-state index < -0.39 is 11.8 Å². The van der Waals surface area contributed by atoms with Gasteiger partial charge in [-0.1, -0.05) is 23.9 Å². The average Bonchev–Trinajstić information content (AvgIpc) is 3.00. The van der Waals surface area contributed by atoms with Gasteiger partial charge in [-0.15, -0.1) is 0 Å². The molecule has 0 aliphatic carbocycles. The monoisotopic (exact) mass is 307 g/mol. The zero-order valence-corrected chi connectivity index (χ0v) is 12.5. The van der Waals surface area contributed by atoms with Crippen molar-refractivity contribution in [1.29, 1.82) is 0 Å². The number of nitrogens with zero attached hydrogens (tertiary/aromatic N) is 1. The first-order valence-corrected chi connectivity index (χ1v) is 7.57. The molecule has 0 saturated heterocycles. The van der Waals surface area contributed by atoms with E-state index >= 15 is 0 Å². The lowest BCUT2D eigenvalue weighted by Gasteiger charge is -2.06. The Morgan fingerprint density at radius 3 is 2.67 bits per heavy atom. The summed E-state index contributed by atoms with van der Waals surface area (Å²) < 4.78 is 5.07. The molecular formula is C14H17N3O3S. The maximum atomic E-state index is 11.6. The van der Waals surface area contributed by atoms with Crippen LogP contribution in [0, 0.1) is 0 Å². The third-order valence-electron chi connectivity index (χ3n) is 2.87. The van der Waals surface area contributed by atoms with E-state index in [4.69, 9.17) is 4.74 Å². The summed E-state index contributed by atoms with van der Waals surface area (Å²) in [5.74, 6) is 0.322. The van der Waals surface area contributed by atoms with Crippen LogP contribution in [0.2, 0.25) is 0 Å². The Kier molecular flexibility index (Phi) is 5.62. The van der Waals surface area contributed by atoms with Crippen molar-refractivity contribution in [2.75, 3.05) is 26.0 Å². The number of carbonyl (C=O) groups is 2. The van der Waals surface area contributed by atoms with E-state index in [2.05, 4.69) is 15.6 Å². The van der Waals surface area contributed by atoms with Crippen LogP contribution in [0.5, 0.6) is 5.75 Å². The minimum Gasteiger partial charge on any atom is -0.497 e. The molecule has 1 aromatic carbocycles. The second-order valence-corrected chi connectivity index (χ2v) is 5.43. The molecule has 2 rings (SSSR count). The fraction of sp³-hybridized carbons (Fsp3) is 0.357. The van der Waals surface area contributed by atoms with Crippen molar-refractivity contribution in [3.8, 4) is 5.75 Å². The van der Waals surface area contributed by atoms with Crippen LogP contribution in [0.3, 0.4) is 0 Å². The number of carbonyl (C=O) groups excluding carboxylic acids is 2. The van der Waals surface area contributed by atoms with E-state index in [9.17, 15) is 9.59 Å². The SMILES string of the molecule is COc1ccc(CCNC(=O)C(=O)NC2=NCCS2)cc1. The molecule has 7 heteroatoms. The maximum Gasteiger partial charge on any atom is 0.315 e. The Morgan fingerprint density at radius 1 is 1.29 bits per heavy atom. The van der Waals surface area contributed by atoms with E-state index in [0.717, 1.165) is 17.1 Å². The summed E-state index contributed by atoms with van der Waals surface area (Å²) in [6, 6.07) is 7.57. The molecule has 21 heavy (non-hydrogen) atoms. The first-order valence-electron chi connectivity index (χ1n) is 6.58. The second kappa shape index (κ2) is 7.68. The van der Waals surface area contributed by atoms with Crippen LogP contribution in [0.4, 0.5) is 0 Å². The maximum absolute atomic E-state index is 11.6. The van der Waals surface area contributed by atoms with Crippen LogP contribution in [0.15, 0.2) is 29.3 Å².